The van der Waals surface area contributed by atoms with Gasteiger partial charge in [0, 0.05) is 35.1 Å². The van der Waals surface area contributed by atoms with Crippen LogP contribution in [0.15, 0.2) is 66.5 Å². The van der Waals surface area contributed by atoms with E-state index in [2.05, 4.69) is 4.98 Å². The molecule has 5 rings (SSSR count). The Morgan fingerprint density at radius 1 is 1.12 bits per heavy atom. The molecule has 0 spiro atoms. The summed E-state index contributed by atoms with van der Waals surface area (Å²) in [6.07, 6.45) is 3.93. The van der Waals surface area contributed by atoms with Gasteiger partial charge in [-0.05, 0) is 73.0 Å². The molecule has 2 atom stereocenters. The maximum atomic E-state index is 13.2. The second-order valence-corrected chi connectivity index (χ2v) is 8.75. The van der Waals surface area contributed by atoms with E-state index in [1.54, 1.807) is 54.9 Å². The summed E-state index contributed by atoms with van der Waals surface area (Å²) in [5.74, 6) is -0.940. The maximum Gasteiger partial charge on any atom is 0.300 e. The van der Waals surface area contributed by atoms with Crippen LogP contribution in [-0.2, 0) is 16.0 Å². The van der Waals surface area contributed by atoms with Crippen molar-refractivity contribution in [1.29, 1.82) is 0 Å². The number of halogens is 1. The number of aryl methyl sites for hydroxylation is 1. The zero-order valence-electron chi connectivity index (χ0n) is 18.1. The maximum absolute atomic E-state index is 13.2. The van der Waals surface area contributed by atoms with Crippen molar-refractivity contribution in [3.63, 3.8) is 0 Å². The van der Waals surface area contributed by atoms with E-state index < -0.39 is 17.7 Å². The van der Waals surface area contributed by atoms with Crippen LogP contribution in [0, 0.1) is 6.92 Å². The Balaban J connectivity index is 1.69. The molecule has 33 heavy (non-hydrogen) atoms. The number of benzene rings is 2. The Morgan fingerprint density at radius 2 is 1.88 bits per heavy atom. The first-order valence-electron chi connectivity index (χ1n) is 10.6. The number of ether oxygens (including phenoxy) is 1. The summed E-state index contributed by atoms with van der Waals surface area (Å²) in [5, 5.41) is 11.8. The minimum Gasteiger partial charge on any atom is -0.507 e. The molecule has 3 aromatic rings. The van der Waals surface area contributed by atoms with Crippen molar-refractivity contribution in [2.24, 2.45) is 0 Å². The molecule has 0 aliphatic carbocycles. The molecule has 1 fully saturated rings. The van der Waals surface area contributed by atoms with Crippen LogP contribution in [0.5, 0.6) is 5.75 Å². The van der Waals surface area contributed by atoms with Crippen LogP contribution in [0.2, 0.25) is 5.02 Å². The number of Topliss-reactive ketones (excluding diaryl/α,β-unsaturated/α-hetero) is 1. The first-order chi connectivity index (χ1) is 15.8. The predicted molar refractivity (Wildman–Crippen MR) is 125 cm³/mol. The van der Waals surface area contributed by atoms with E-state index in [0.717, 1.165) is 16.9 Å². The molecule has 6 nitrogen and oxygen atoms in total. The van der Waals surface area contributed by atoms with Crippen LogP contribution in [0.4, 0.5) is 5.69 Å². The highest BCUT2D eigenvalue weighted by Crippen LogP contribution is 2.43. The lowest BCUT2D eigenvalue weighted by Gasteiger charge is -2.25. The number of hydrogen-bond acceptors (Lipinski definition) is 5. The van der Waals surface area contributed by atoms with Gasteiger partial charge >= 0.3 is 0 Å². The average Bonchev–Trinajstić information content (AvgIpc) is 3.31. The summed E-state index contributed by atoms with van der Waals surface area (Å²) in [7, 11) is 0. The van der Waals surface area contributed by atoms with E-state index >= 15 is 0 Å². The van der Waals surface area contributed by atoms with Crippen molar-refractivity contribution in [2.45, 2.75) is 32.4 Å². The SMILES string of the molecule is Cc1ccc(N2C(=O)C(=O)/C(=C(\O)c3ccc4c(c3)CC(C)O4)C2c2ccncc2)cc1Cl. The molecule has 0 bridgehead atoms. The number of pyridine rings is 1. The number of aromatic nitrogens is 1. The number of carbonyl (C=O) groups excluding carboxylic acids is 2. The van der Waals surface area contributed by atoms with E-state index in [-0.39, 0.29) is 17.4 Å². The quantitative estimate of drug-likeness (QED) is 0.338. The normalized spacial score (nSPS) is 21.2. The number of anilines is 1. The molecule has 2 aliphatic rings. The number of amides is 1. The number of carbonyl (C=O) groups is 2. The van der Waals surface area contributed by atoms with E-state index in [9.17, 15) is 14.7 Å². The van der Waals surface area contributed by atoms with Gasteiger partial charge in [0.05, 0.1) is 11.6 Å². The molecular weight excluding hydrogens is 440 g/mol. The summed E-state index contributed by atoms with van der Waals surface area (Å²) in [5.41, 5.74) is 3.42. The topological polar surface area (TPSA) is 79.7 Å². The molecule has 1 amide bonds. The van der Waals surface area contributed by atoms with Crippen LogP contribution < -0.4 is 9.64 Å². The molecular formula is C26H21ClN2O4. The third-order valence-corrected chi connectivity index (χ3v) is 6.48. The lowest BCUT2D eigenvalue weighted by atomic mass is 9.95. The fraction of sp³-hybridized carbons (Fsp3) is 0.192. The fourth-order valence-electron chi connectivity index (χ4n) is 4.42. The van der Waals surface area contributed by atoms with Crippen molar-refractivity contribution in [2.75, 3.05) is 4.90 Å². The fourth-order valence-corrected chi connectivity index (χ4v) is 4.59. The highest BCUT2D eigenvalue weighted by atomic mass is 35.5. The van der Waals surface area contributed by atoms with Gasteiger partial charge in [-0.15, -0.1) is 0 Å². The standard InChI is InChI=1S/C26H21ClN2O4/c1-14-3-5-19(13-20(14)27)29-23(16-7-9-28-10-8-16)22(25(31)26(29)32)24(30)17-4-6-21-18(12-17)11-15(2)33-21/h3-10,12-13,15,23,30H,11H2,1-2H3/b24-22-. The number of aliphatic hydroxyl groups excluding tert-OH is 1. The largest absolute Gasteiger partial charge is 0.507 e. The van der Waals surface area contributed by atoms with Gasteiger partial charge in [0.2, 0.25) is 0 Å². The first kappa shape index (κ1) is 21.2. The van der Waals surface area contributed by atoms with Crippen LogP contribution >= 0.6 is 11.6 Å². The third-order valence-electron chi connectivity index (χ3n) is 6.07. The zero-order valence-corrected chi connectivity index (χ0v) is 18.8. The van der Waals surface area contributed by atoms with Gasteiger partial charge in [0.1, 0.15) is 17.6 Å². The first-order valence-corrected chi connectivity index (χ1v) is 11.0. The Hall–Kier alpha value is -3.64. The van der Waals surface area contributed by atoms with Crippen LogP contribution in [-0.4, -0.2) is 27.9 Å². The van der Waals surface area contributed by atoms with E-state index in [1.165, 1.54) is 4.90 Å². The highest BCUT2D eigenvalue weighted by Gasteiger charge is 2.47. The Labute approximate surface area is 196 Å². The molecule has 3 heterocycles. The van der Waals surface area contributed by atoms with Gasteiger partial charge in [-0.25, -0.2) is 0 Å². The lowest BCUT2D eigenvalue weighted by Crippen LogP contribution is -2.29. The minimum absolute atomic E-state index is 0.0230. The van der Waals surface area contributed by atoms with Gasteiger partial charge in [-0.2, -0.15) is 0 Å². The number of hydrogen-bond donors (Lipinski definition) is 1. The van der Waals surface area contributed by atoms with E-state index in [0.29, 0.717) is 28.3 Å². The molecule has 7 heteroatoms. The minimum atomic E-state index is -0.824. The van der Waals surface area contributed by atoms with Crippen LogP contribution in [0.1, 0.15) is 35.2 Å². The number of rotatable bonds is 3. The van der Waals surface area contributed by atoms with Gasteiger partial charge in [0.25, 0.3) is 11.7 Å². The Bertz CT molecular complexity index is 1320. The van der Waals surface area contributed by atoms with Crippen molar-refractivity contribution in [3.8, 4) is 5.75 Å². The van der Waals surface area contributed by atoms with Crippen molar-refractivity contribution >= 4 is 34.7 Å². The molecule has 1 aromatic heterocycles. The molecule has 2 aromatic carbocycles. The second-order valence-electron chi connectivity index (χ2n) is 8.34. The number of ketones is 1. The lowest BCUT2D eigenvalue weighted by molar-refractivity contribution is -0.132. The number of aliphatic hydroxyl groups is 1. The highest BCUT2D eigenvalue weighted by molar-refractivity contribution is 6.51. The molecule has 1 saturated heterocycles. The number of fused-ring (bicyclic) bond motifs is 1. The van der Waals surface area contributed by atoms with Gasteiger partial charge in [0.15, 0.2) is 0 Å². The Kier molecular flexibility index (Phi) is 5.17. The van der Waals surface area contributed by atoms with Crippen LogP contribution in [0.3, 0.4) is 0 Å². The molecule has 0 radical (unpaired) electrons. The van der Waals surface area contributed by atoms with Gasteiger partial charge in [-0.1, -0.05) is 17.7 Å². The summed E-state index contributed by atoms with van der Waals surface area (Å²) in [6.45, 7) is 3.83. The van der Waals surface area contributed by atoms with E-state index in [4.69, 9.17) is 16.3 Å². The molecule has 1 N–H and O–H groups in total. The zero-order chi connectivity index (χ0) is 23.3. The van der Waals surface area contributed by atoms with Crippen LogP contribution in [0.25, 0.3) is 5.76 Å². The van der Waals surface area contributed by atoms with Crippen molar-refractivity contribution in [3.05, 3.63) is 93.8 Å². The monoisotopic (exact) mass is 460 g/mol. The third kappa shape index (κ3) is 3.56. The molecule has 166 valence electrons. The summed E-state index contributed by atoms with van der Waals surface area (Å²) < 4.78 is 5.74. The Morgan fingerprint density at radius 3 is 2.61 bits per heavy atom. The van der Waals surface area contributed by atoms with E-state index in [1.807, 2.05) is 19.9 Å². The predicted octanol–water partition coefficient (Wildman–Crippen LogP) is 4.99. The molecule has 0 saturated carbocycles. The smallest absolute Gasteiger partial charge is 0.300 e. The number of nitrogens with zero attached hydrogens (tertiary/aromatic N) is 2. The van der Waals surface area contributed by atoms with Gasteiger partial charge in [-0.3, -0.25) is 19.5 Å². The molecule has 2 unspecified atom stereocenters. The second kappa shape index (κ2) is 8.05. The summed E-state index contributed by atoms with van der Waals surface area (Å²) in [4.78, 5) is 31.9. The molecule has 2 aliphatic heterocycles. The summed E-state index contributed by atoms with van der Waals surface area (Å²) >= 11 is 6.32. The van der Waals surface area contributed by atoms with Crippen molar-refractivity contribution in [1.82, 2.24) is 4.98 Å². The average molecular weight is 461 g/mol. The van der Waals surface area contributed by atoms with Gasteiger partial charge < -0.3 is 9.84 Å². The van der Waals surface area contributed by atoms with Crippen molar-refractivity contribution < 1.29 is 19.4 Å². The summed E-state index contributed by atoms with van der Waals surface area (Å²) in [6, 6.07) is 13.1.